The Balaban J connectivity index is 2.09. The highest BCUT2D eigenvalue weighted by molar-refractivity contribution is 6.35. The van der Waals surface area contributed by atoms with E-state index in [1.165, 1.54) is 12.3 Å². The van der Waals surface area contributed by atoms with E-state index < -0.39 is 6.10 Å². The monoisotopic (exact) mass is 288 g/mol. The lowest BCUT2D eigenvalue weighted by molar-refractivity contribution is 0.0717. The fourth-order valence-corrected chi connectivity index (χ4v) is 2.46. The Morgan fingerprint density at radius 1 is 1.39 bits per heavy atom. The van der Waals surface area contributed by atoms with Crippen molar-refractivity contribution in [2.24, 2.45) is 0 Å². The summed E-state index contributed by atoms with van der Waals surface area (Å²) in [6.45, 7) is 0. The molecule has 4 nitrogen and oxygen atoms in total. The number of rotatable bonds is 2. The summed E-state index contributed by atoms with van der Waals surface area (Å²) in [6.07, 6.45) is 4.36. The van der Waals surface area contributed by atoms with Crippen LogP contribution in [0.2, 0.25) is 10.2 Å². The molecule has 1 aromatic heterocycles. The first-order valence-corrected chi connectivity index (χ1v) is 6.63. The molecule has 0 aromatic carbocycles. The van der Waals surface area contributed by atoms with Gasteiger partial charge in [0.05, 0.1) is 22.7 Å². The van der Waals surface area contributed by atoms with Crippen LogP contribution in [0.5, 0.6) is 0 Å². The lowest BCUT2D eigenvalue weighted by atomic mass is 9.92. The standard InChI is InChI=1S/C12H14Cl2N2O2/c13-8-6-15-11(14)5-7(8)12(18)16-9-3-1-2-4-10(9)17/h5-6,9-10,17H,1-4H2,(H,16,18)/t9-,10-/m0/s1. The molecule has 1 aliphatic rings. The average Bonchev–Trinajstić information content (AvgIpc) is 2.35. The summed E-state index contributed by atoms with van der Waals surface area (Å²) in [4.78, 5) is 15.8. The first-order valence-electron chi connectivity index (χ1n) is 5.88. The van der Waals surface area contributed by atoms with Crippen LogP contribution in [0.4, 0.5) is 0 Å². The second-order valence-corrected chi connectivity index (χ2v) is 5.21. The average molecular weight is 289 g/mol. The maximum atomic E-state index is 12.0. The van der Waals surface area contributed by atoms with E-state index in [-0.39, 0.29) is 27.7 Å². The molecule has 0 spiro atoms. The van der Waals surface area contributed by atoms with Gasteiger partial charge in [-0.15, -0.1) is 0 Å². The zero-order valence-corrected chi connectivity index (χ0v) is 11.2. The molecule has 1 aliphatic carbocycles. The van der Waals surface area contributed by atoms with Gasteiger partial charge in [-0.2, -0.15) is 0 Å². The van der Waals surface area contributed by atoms with Crippen molar-refractivity contribution in [3.63, 3.8) is 0 Å². The second-order valence-electron chi connectivity index (χ2n) is 4.42. The molecule has 2 N–H and O–H groups in total. The number of nitrogens with zero attached hydrogens (tertiary/aromatic N) is 1. The van der Waals surface area contributed by atoms with Crippen molar-refractivity contribution >= 4 is 29.1 Å². The van der Waals surface area contributed by atoms with Crippen LogP contribution in [0, 0.1) is 0 Å². The molecule has 6 heteroatoms. The van der Waals surface area contributed by atoms with Gasteiger partial charge in [0.2, 0.25) is 0 Å². The SMILES string of the molecule is O=C(N[C@H]1CCCC[C@@H]1O)c1cc(Cl)ncc1Cl. The number of aromatic nitrogens is 1. The fraction of sp³-hybridized carbons (Fsp3) is 0.500. The van der Waals surface area contributed by atoms with Gasteiger partial charge in [-0.1, -0.05) is 36.0 Å². The van der Waals surface area contributed by atoms with E-state index in [9.17, 15) is 9.90 Å². The summed E-state index contributed by atoms with van der Waals surface area (Å²) in [6, 6.07) is 1.21. The van der Waals surface area contributed by atoms with Crippen LogP contribution in [0.15, 0.2) is 12.3 Å². The number of carbonyl (C=O) groups is 1. The van der Waals surface area contributed by atoms with E-state index in [2.05, 4.69) is 10.3 Å². The lowest BCUT2D eigenvalue weighted by Crippen LogP contribution is -2.45. The topological polar surface area (TPSA) is 62.2 Å². The van der Waals surface area contributed by atoms with Gasteiger partial charge >= 0.3 is 0 Å². The minimum Gasteiger partial charge on any atom is -0.391 e. The molecule has 0 radical (unpaired) electrons. The molecule has 98 valence electrons. The second kappa shape index (κ2) is 5.87. The lowest BCUT2D eigenvalue weighted by Gasteiger charge is -2.28. The minimum atomic E-state index is -0.487. The van der Waals surface area contributed by atoms with Gasteiger partial charge in [0.15, 0.2) is 0 Å². The third-order valence-electron chi connectivity index (χ3n) is 3.11. The van der Waals surface area contributed by atoms with Gasteiger partial charge in [0, 0.05) is 6.20 Å². The van der Waals surface area contributed by atoms with Gasteiger partial charge in [0.25, 0.3) is 5.91 Å². The Bertz CT molecular complexity index is 454. The van der Waals surface area contributed by atoms with Crippen molar-refractivity contribution in [3.8, 4) is 0 Å². The van der Waals surface area contributed by atoms with Crippen molar-refractivity contribution in [2.45, 2.75) is 37.8 Å². The Labute approximate surface area is 115 Å². The number of amides is 1. The number of aliphatic hydroxyl groups excluding tert-OH is 1. The van der Waals surface area contributed by atoms with Crippen LogP contribution < -0.4 is 5.32 Å². The van der Waals surface area contributed by atoms with Gasteiger partial charge in [-0.25, -0.2) is 4.98 Å². The minimum absolute atomic E-state index is 0.214. The quantitative estimate of drug-likeness (QED) is 0.822. The maximum absolute atomic E-state index is 12.0. The van der Waals surface area contributed by atoms with Gasteiger partial charge < -0.3 is 10.4 Å². The number of hydrogen-bond donors (Lipinski definition) is 2. The van der Waals surface area contributed by atoms with Crippen LogP contribution in [-0.4, -0.2) is 28.1 Å². The highest BCUT2D eigenvalue weighted by Crippen LogP contribution is 2.21. The molecule has 1 saturated carbocycles. The highest BCUT2D eigenvalue weighted by atomic mass is 35.5. The summed E-state index contributed by atoms with van der Waals surface area (Å²) in [5.41, 5.74) is 0.287. The predicted octanol–water partition coefficient (Wildman–Crippen LogP) is 2.42. The third-order valence-corrected chi connectivity index (χ3v) is 3.62. The number of hydrogen-bond acceptors (Lipinski definition) is 3. The Morgan fingerprint density at radius 2 is 2.11 bits per heavy atom. The summed E-state index contributed by atoms with van der Waals surface area (Å²) < 4.78 is 0. The number of nitrogens with one attached hydrogen (secondary N) is 1. The molecule has 0 bridgehead atoms. The highest BCUT2D eigenvalue weighted by Gasteiger charge is 2.25. The van der Waals surface area contributed by atoms with Crippen LogP contribution >= 0.6 is 23.2 Å². The van der Waals surface area contributed by atoms with Crippen LogP contribution in [0.25, 0.3) is 0 Å². The Kier molecular flexibility index (Phi) is 4.43. The summed E-state index contributed by atoms with van der Waals surface area (Å²) >= 11 is 11.6. The van der Waals surface area contributed by atoms with Crippen LogP contribution in [-0.2, 0) is 0 Å². The molecule has 1 aromatic rings. The van der Waals surface area contributed by atoms with Gasteiger partial charge in [0.1, 0.15) is 5.15 Å². The van der Waals surface area contributed by atoms with Gasteiger partial charge in [-0.3, -0.25) is 4.79 Å². The molecule has 1 heterocycles. The van der Waals surface area contributed by atoms with E-state index in [0.29, 0.717) is 0 Å². The van der Waals surface area contributed by atoms with Crippen molar-refractivity contribution in [3.05, 3.63) is 28.0 Å². The molecule has 0 saturated heterocycles. The van der Waals surface area contributed by atoms with Crippen LogP contribution in [0.1, 0.15) is 36.0 Å². The molecular formula is C12H14Cl2N2O2. The van der Waals surface area contributed by atoms with Crippen molar-refractivity contribution in [1.82, 2.24) is 10.3 Å². The third kappa shape index (κ3) is 3.13. The molecule has 2 atom stereocenters. The molecule has 1 amide bonds. The summed E-state index contributed by atoms with van der Waals surface area (Å²) in [5, 5.41) is 13.1. The van der Waals surface area contributed by atoms with Crippen molar-refractivity contribution in [1.29, 1.82) is 0 Å². The zero-order valence-electron chi connectivity index (χ0n) is 9.70. The molecule has 1 fully saturated rings. The summed E-state index contributed by atoms with van der Waals surface area (Å²) in [7, 11) is 0. The molecule has 18 heavy (non-hydrogen) atoms. The molecule has 0 aliphatic heterocycles. The maximum Gasteiger partial charge on any atom is 0.253 e. The van der Waals surface area contributed by atoms with E-state index >= 15 is 0 Å². The smallest absolute Gasteiger partial charge is 0.253 e. The number of carbonyl (C=O) groups excluding carboxylic acids is 1. The fourth-order valence-electron chi connectivity index (χ4n) is 2.11. The normalized spacial score (nSPS) is 23.7. The van der Waals surface area contributed by atoms with Crippen molar-refractivity contribution in [2.75, 3.05) is 0 Å². The van der Waals surface area contributed by atoms with E-state index in [1.807, 2.05) is 0 Å². The van der Waals surface area contributed by atoms with Crippen LogP contribution in [0.3, 0.4) is 0 Å². The van der Waals surface area contributed by atoms with E-state index in [0.717, 1.165) is 25.7 Å². The molecule has 0 unspecified atom stereocenters. The Morgan fingerprint density at radius 3 is 2.83 bits per heavy atom. The molecular weight excluding hydrogens is 275 g/mol. The first kappa shape index (κ1) is 13.6. The summed E-state index contributed by atoms with van der Waals surface area (Å²) in [5.74, 6) is -0.324. The van der Waals surface area contributed by atoms with E-state index in [1.54, 1.807) is 0 Å². The number of pyridine rings is 1. The first-order chi connectivity index (χ1) is 8.58. The van der Waals surface area contributed by atoms with Gasteiger partial charge in [-0.05, 0) is 18.9 Å². The largest absolute Gasteiger partial charge is 0.391 e. The molecule has 2 rings (SSSR count). The Hall–Kier alpha value is -0.840. The zero-order chi connectivity index (χ0) is 13.1. The van der Waals surface area contributed by atoms with E-state index in [4.69, 9.17) is 23.2 Å². The number of aliphatic hydroxyl groups is 1. The predicted molar refractivity (Wildman–Crippen MR) is 70.0 cm³/mol. The van der Waals surface area contributed by atoms with Crippen molar-refractivity contribution < 1.29 is 9.90 Å². The number of halogens is 2.